The van der Waals surface area contributed by atoms with Gasteiger partial charge in [0, 0.05) is 11.7 Å². The number of likely N-dealkylation sites (tertiary alicyclic amines) is 1. The summed E-state index contributed by atoms with van der Waals surface area (Å²) in [4.78, 5) is 14.5. The quantitative estimate of drug-likeness (QED) is 0.928. The Kier molecular flexibility index (Phi) is 4.72. The average molecular weight is 312 g/mol. The van der Waals surface area contributed by atoms with Crippen LogP contribution in [0.15, 0.2) is 48.5 Å². The van der Waals surface area contributed by atoms with Crippen molar-refractivity contribution in [1.82, 2.24) is 4.90 Å². The third-order valence-corrected chi connectivity index (χ3v) is 4.37. The van der Waals surface area contributed by atoms with Gasteiger partial charge < -0.3 is 5.32 Å². The van der Waals surface area contributed by atoms with E-state index in [0.717, 1.165) is 24.9 Å². The second kappa shape index (κ2) is 6.92. The fraction of sp³-hybridized carbons (Fsp3) is 0.316. The molecule has 1 unspecified atom stereocenters. The molecule has 0 spiro atoms. The van der Waals surface area contributed by atoms with Crippen molar-refractivity contribution < 1.29 is 9.18 Å². The lowest BCUT2D eigenvalue weighted by Crippen LogP contribution is -2.33. The number of nitrogens with one attached hydrogen (secondary N) is 1. The summed E-state index contributed by atoms with van der Waals surface area (Å²) < 4.78 is 13.3. The lowest BCUT2D eigenvalue weighted by Gasteiger charge is -2.24. The third-order valence-electron chi connectivity index (χ3n) is 4.37. The molecule has 1 N–H and O–H groups in total. The number of halogens is 1. The van der Waals surface area contributed by atoms with Crippen molar-refractivity contribution in [2.24, 2.45) is 0 Å². The van der Waals surface area contributed by atoms with Crippen LogP contribution in [0.5, 0.6) is 0 Å². The van der Waals surface area contributed by atoms with Crippen molar-refractivity contribution in [2.75, 3.05) is 18.4 Å². The van der Waals surface area contributed by atoms with Gasteiger partial charge in [0.1, 0.15) is 5.82 Å². The normalized spacial score (nSPS) is 18.1. The molecule has 1 atom stereocenters. The smallest absolute Gasteiger partial charge is 0.238 e. The molecule has 23 heavy (non-hydrogen) atoms. The van der Waals surface area contributed by atoms with E-state index in [-0.39, 0.29) is 17.8 Å². The second-order valence-corrected chi connectivity index (χ2v) is 6.05. The van der Waals surface area contributed by atoms with E-state index in [2.05, 4.69) is 22.3 Å². The number of hydrogen-bond donors (Lipinski definition) is 1. The predicted octanol–water partition coefficient (Wildman–Crippen LogP) is 3.91. The minimum atomic E-state index is -0.339. The van der Waals surface area contributed by atoms with Crippen LogP contribution in [0.25, 0.3) is 0 Å². The molecule has 0 bridgehead atoms. The van der Waals surface area contributed by atoms with Crippen LogP contribution in [-0.2, 0) is 4.79 Å². The standard InChI is InChI=1S/C19H21FN2O/c1-14-9-10-16(20)12-17(14)21-19(23)13-22-11-5-8-18(22)15-6-3-2-4-7-15/h2-4,6-7,9-10,12,18H,5,8,11,13H2,1H3,(H,21,23). The zero-order valence-electron chi connectivity index (χ0n) is 13.3. The Balaban J connectivity index is 1.66. The summed E-state index contributed by atoms with van der Waals surface area (Å²) in [6.07, 6.45) is 2.15. The zero-order chi connectivity index (χ0) is 16.2. The summed E-state index contributed by atoms with van der Waals surface area (Å²) in [6.45, 7) is 3.10. The number of anilines is 1. The van der Waals surface area contributed by atoms with E-state index in [1.54, 1.807) is 6.07 Å². The van der Waals surface area contributed by atoms with Gasteiger partial charge in [0.05, 0.1) is 6.54 Å². The van der Waals surface area contributed by atoms with Crippen molar-refractivity contribution >= 4 is 11.6 Å². The van der Waals surface area contributed by atoms with Gasteiger partial charge in [-0.2, -0.15) is 0 Å². The van der Waals surface area contributed by atoms with Crippen LogP contribution in [0, 0.1) is 12.7 Å². The summed E-state index contributed by atoms with van der Waals surface area (Å²) in [5, 5.41) is 2.83. The number of nitrogens with zero attached hydrogens (tertiary/aromatic N) is 1. The lowest BCUT2D eigenvalue weighted by molar-refractivity contribution is -0.117. The summed E-state index contributed by atoms with van der Waals surface area (Å²) in [5.41, 5.74) is 2.66. The summed E-state index contributed by atoms with van der Waals surface area (Å²) in [5.74, 6) is -0.434. The highest BCUT2D eigenvalue weighted by Gasteiger charge is 2.27. The molecule has 2 aromatic carbocycles. The van der Waals surface area contributed by atoms with Crippen molar-refractivity contribution in [3.63, 3.8) is 0 Å². The molecule has 4 heteroatoms. The van der Waals surface area contributed by atoms with Gasteiger partial charge in [0.25, 0.3) is 0 Å². The van der Waals surface area contributed by atoms with E-state index in [9.17, 15) is 9.18 Å². The maximum Gasteiger partial charge on any atom is 0.238 e. The van der Waals surface area contributed by atoms with E-state index in [0.29, 0.717) is 12.2 Å². The van der Waals surface area contributed by atoms with Crippen molar-refractivity contribution in [3.05, 3.63) is 65.5 Å². The van der Waals surface area contributed by atoms with E-state index in [1.165, 1.54) is 17.7 Å². The van der Waals surface area contributed by atoms with Crippen molar-refractivity contribution in [1.29, 1.82) is 0 Å². The molecule has 1 aliphatic rings. The Hall–Kier alpha value is -2.20. The maximum atomic E-state index is 13.3. The molecule has 1 heterocycles. The minimum Gasteiger partial charge on any atom is -0.325 e. The first kappa shape index (κ1) is 15.7. The van der Waals surface area contributed by atoms with Gasteiger partial charge in [0.15, 0.2) is 0 Å². The Labute approximate surface area is 136 Å². The van der Waals surface area contributed by atoms with Gasteiger partial charge in [-0.05, 0) is 49.6 Å². The van der Waals surface area contributed by atoms with Crippen LogP contribution < -0.4 is 5.32 Å². The Morgan fingerprint density at radius 1 is 1.26 bits per heavy atom. The molecule has 0 radical (unpaired) electrons. The monoisotopic (exact) mass is 312 g/mol. The molecule has 0 aromatic heterocycles. The molecular weight excluding hydrogens is 291 g/mol. The molecular formula is C19H21FN2O. The molecule has 2 aromatic rings. The number of benzene rings is 2. The van der Waals surface area contributed by atoms with E-state index < -0.39 is 0 Å². The first-order valence-electron chi connectivity index (χ1n) is 7.98. The Morgan fingerprint density at radius 2 is 2.04 bits per heavy atom. The topological polar surface area (TPSA) is 32.3 Å². The van der Waals surface area contributed by atoms with Crippen LogP contribution in [-0.4, -0.2) is 23.9 Å². The van der Waals surface area contributed by atoms with Gasteiger partial charge in [0.2, 0.25) is 5.91 Å². The van der Waals surface area contributed by atoms with Gasteiger partial charge in [-0.3, -0.25) is 9.69 Å². The van der Waals surface area contributed by atoms with Crippen LogP contribution >= 0.6 is 0 Å². The first-order valence-corrected chi connectivity index (χ1v) is 7.98. The van der Waals surface area contributed by atoms with Gasteiger partial charge in [-0.1, -0.05) is 36.4 Å². The molecule has 1 saturated heterocycles. The van der Waals surface area contributed by atoms with E-state index in [1.807, 2.05) is 25.1 Å². The minimum absolute atomic E-state index is 0.0958. The maximum absolute atomic E-state index is 13.3. The first-order chi connectivity index (χ1) is 11.1. The van der Waals surface area contributed by atoms with Crippen LogP contribution in [0.1, 0.15) is 30.0 Å². The number of hydrogen-bond acceptors (Lipinski definition) is 2. The SMILES string of the molecule is Cc1ccc(F)cc1NC(=O)CN1CCCC1c1ccccc1. The summed E-state index contributed by atoms with van der Waals surface area (Å²) in [6, 6.07) is 15.0. The zero-order valence-corrected chi connectivity index (χ0v) is 13.3. The summed E-state index contributed by atoms with van der Waals surface area (Å²) >= 11 is 0. The van der Waals surface area contributed by atoms with Crippen molar-refractivity contribution in [3.8, 4) is 0 Å². The van der Waals surface area contributed by atoms with Crippen molar-refractivity contribution in [2.45, 2.75) is 25.8 Å². The molecule has 120 valence electrons. The average Bonchev–Trinajstić information content (AvgIpc) is 3.00. The van der Waals surface area contributed by atoms with Gasteiger partial charge in [-0.15, -0.1) is 0 Å². The number of aryl methyl sites for hydroxylation is 1. The molecule has 0 saturated carbocycles. The molecule has 1 fully saturated rings. The largest absolute Gasteiger partial charge is 0.325 e. The second-order valence-electron chi connectivity index (χ2n) is 6.05. The highest BCUT2D eigenvalue weighted by atomic mass is 19.1. The molecule has 1 aliphatic heterocycles. The Bertz CT molecular complexity index is 687. The number of carbonyl (C=O) groups is 1. The predicted molar refractivity (Wildman–Crippen MR) is 89.8 cm³/mol. The number of amides is 1. The molecule has 1 amide bonds. The fourth-order valence-corrected chi connectivity index (χ4v) is 3.17. The molecule has 0 aliphatic carbocycles. The molecule has 3 rings (SSSR count). The van der Waals surface area contributed by atoms with Crippen LogP contribution in [0.3, 0.4) is 0 Å². The van der Waals surface area contributed by atoms with Gasteiger partial charge in [-0.25, -0.2) is 4.39 Å². The highest BCUT2D eigenvalue weighted by Crippen LogP contribution is 2.31. The summed E-state index contributed by atoms with van der Waals surface area (Å²) in [7, 11) is 0. The Morgan fingerprint density at radius 3 is 2.83 bits per heavy atom. The van der Waals surface area contributed by atoms with E-state index >= 15 is 0 Å². The third kappa shape index (κ3) is 3.77. The highest BCUT2D eigenvalue weighted by molar-refractivity contribution is 5.93. The molecule has 3 nitrogen and oxygen atoms in total. The number of rotatable bonds is 4. The number of carbonyl (C=O) groups excluding carboxylic acids is 1. The van der Waals surface area contributed by atoms with Crippen LogP contribution in [0.4, 0.5) is 10.1 Å². The van der Waals surface area contributed by atoms with Crippen LogP contribution in [0.2, 0.25) is 0 Å². The lowest BCUT2D eigenvalue weighted by atomic mass is 10.0. The fourth-order valence-electron chi connectivity index (χ4n) is 3.17. The van der Waals surface area contributed by atoms with E-state index in [4.69, 9.17) is 0 Å². The van der Waals surface area contributed by atoms with Gasteiger partial charge >= 0.3 is 0 Å².